The number of sulfone groups is 1. The van der Waals surface area contributed by atoms with Crippen molar-refractivity contribution in [2.75, 3.05) is 38.7 Å². The summed E-state index contributed by atoms with van der Waals surface area (Å²) in [7, 11) is -10.6. The van der Waals surface area contributed by atoms with Gasteiger partial charge in [-0.1, -0.05) is 0 Å². The van der Waals surface area contributed by atoms with E-state index in [1.165, 1.54) is 32.9 Å². The van der Waals surface area contributed by atoms with Crippen LogP contribution in [-0.4, -0.2) is 72.6 Å². The third kappa shape index (κ3) is 4.33. The van der Waals surface area contributed by atoms with E-state index >= 15 is 0 Å². The van der Waals surface area contributed by atoms with Crippen molar-refractivity contribution in [2.24, 2.45) is 0 Å². The molecule has 8 nitrogen and oxygen atoms in total. The van der Waals surface area contributed by atoms with Gasteiger partial charge in [0.1, 0.15) is 0 Å². The number of hydrogen-bond donors (Lipinski definition) is 0. The van der Waals surface area contributed by atoms with E-state index < -0.39 is 29.9 Å². The van der Waals surface area contributed by atoms with Gasteiger partial charge in [-0.25, -0.2) is 29.6 Å². The van der Waals surface area contributed by atoms with Gasteiger partial charge < -0.3 is 0 Å². The van der Waals surface area contributed by atoms with Gasteiger partial charge in [0.2, 0.25) is 20.0 Å². The average Bonchev–Trinajstić information content (AvgIpc) is 2.72. The molecule has 0 unspecified atom stereocenters. The summed E-state index contributed by atoms with van der Waals surface area (Å²) in [5.74, 6) is 0. The van der Waals surface area contributed by atoms with E-state index in [0.717, 1.165) is 12.5 Å². The van der Waals surface area contributed by atoms with Crippen molar-refractivity contribution in [1.29, 1.82) is 0 Å². The van der Waals surface area contributed by atoms with Gasteiger partial charge in [0.15, 0.2) is 9.84 Å². The summed E-state index contributed by atoms with van der Waals surface area (Å²) >= 11 is 0. The van der Waals surface area contributed by atoms with Crippen molar-refractivity contribution in [3.8, 4) is 0 Å². The minimum absolute atomic E-state index is 0.0114. The molecular weight excluding hydrogens is 376 g/mol. The molecule has 0 aliphatic carbocycles. The Morgan fingerprint density at radius 3 is 1.67 bits per heavy atom. The summed E-state index contributed by atoms with van der Waals surface area (Å²) in [6.45, 7) is 0.642. The highest BCUT2D eigenvalue weighted by Crippen LogP contribution is 2.20. The van der Waals surface area contributed by atoms with E-state index in [0.29, 0.717) is 6.42 Å². The molecule has 0 atom stereocenters. The molecule has 1 aliphatic heterocycles. The fourth-order valence-corrected chi connectivity index (χ4v) is 5.42. The molecule has 2 rings (SSSR count). The molecule has 1 saturated heterocycles. The molecular formula is C13H20N2O6S3. The Bertz CT molecular complexity index is 905. The van der Waals surface area contributed by atoms with Crippen LogP contribution >= 0.6 is 0 Å². The van der Waals surface area contributed by atoms with Crippen LogP contribution in [0.5, 0.6) is 0 Å². The predicted octanol–water partition coefficient (Wildman–Crippen LogP) is -0.254. The Labute approximate surface area is 143 Å². The normalized spacial score (nSPS) is 19.1. The highest BCUT2D eigenvalue weighted by atomic mass is 32.2. The summed E-state index contributed by atoms with van der Waals surface area (Å²) < 4.78 is 73.9. The fourth-order valence-electron chi connectivity index (χ4n) is 2.45. The van der Waals surface area contributed by atoms with Gasteiger partial charge >= 0.3 is 0 Å². The lowest BCUT2D eigenvalue weighted by Gasteiger charge is -2.20. The summed E-state index contributed by atoms with van der Waals surface area (Å²) in [5.41, 5.74) is 0. The summed E-state index contributed by atoms with van der Waals surface area (Å²) in [6, 6.07) is 5.02. The largest absolute Gasteiger partial charge is 0.243 e. The highest BCUT2D eigenvalue weighted by molar-refractivity contribution is 7.90. The predicted molar refractivity (Wildman–Crippen MR) is 89.3 cm³/mol. The van der Waals surface area contributed by atoms with Crippen LogP contribution in [0.25, 0.3) is 0 Å². The Morgan fingerprint density at radius 1 is 0.708 bits per heavy atom. The molecule has 1 fully saturated rings. The van der Waals surface area contributed by atoms with Crippen LogP contribution in [-0.2, 0) is 29.9 Å². The van der Waals surface area contributed by atoms with E-state index in [1.54, 1.807) is 0 Å². The molecule has 0 amide bonds. The van der Waals surface area contributed by atoms with E-state index in [1.807, 2.05) is 0 Å². The number of hydrogen-bond acceptors (Lipinski definition) is 6. The molecule has 0 N–H and O–H groups in total. The molecule has 0 bridgehead atoms. The topological polar surface area (TPSA) is 109 Å². The maximum absolute atomic E-state index is 12.7. The SMILES string of the molecule is CS(=O)(=O)c1ccc(S(=O)(=O)N2CCCN(S(C)(=O)=O)CC2)cc1. The van der Waals surface area contributed by atoms with Crippen molar-refractivity contribution in [3.63, 3.8) is 0 Å². The molecule has 0 spiro atoms. The number of nitrogens with zero attached hydrogens (tertiary/aromatic N) is 2. The highest BCUT2D eigenvalue weighted by Gasteiger charge is 2.29. The zero-order chi connectivity index (χ0) is 18.2. The molecule has 11 heteroatoms. The molecule has 1 aromatic rings. The summed E-state index contributed by atoms with van der Waals surface area (Å²) in [4.78, 5) is 0.0308. The van der Waals surface area contributed by atoms with Crippen LogP contribution in [0.3, 0.4) is 0 Å². The van der Waals surface area contributed by atoms with Gasteiger partial charge in [-0.15, -0.1) is 0 Å². The maximum atomic E-state index is 12.7. The second-order valence-corrected chi connectivity index (χ2v) is 11.6. The lowest BCUT2D eigenvalue weighted by atomic mass is 10.4. The standard InChI is InChI=1S/C13H20N2O6S3/c1-22(16,17)12-4-6-13(7-5-12)24(20,21)15-9-3-8-14(10-11-15)23(2,18)19/h4-7H,3,8-11H2,1-2H3. The Hall–Kier alpha value is -1.01. The van der Waals surface area contributed by atoms with Crippen LogP contribution in [0.2, 0.25) is 0 Å². The van der Waals surface area contributed by atoms with Gasteiger partial charge in [-0.2, -0.15) is 4.31 Å². The van der Waals surface area contributed by atoms with Crippen molar-refractivity contribution in [1.82, 2.24) is 8.61 Å². The van der Waals surface area contributed by atoms with Gasteiger partial charge in [0.25, 0.3) is 0 Å². The summed E-state index contributed by atoms with van der Waals surface area (Å²) in [5, 5.41) is 0. The quantitative estimate of drug-likeness (QED) is 0.694. The summed E-state index contributed by atoms with van der Waals surface area (Å²) in [6.07, 6.45) is 2.54. The monoisotopic (exact) mass is 396 g/mol. The van der Waals surface area contributed by atoms with Gasteiger partial charge in [0.05, 0.1) is 16.0 Å². The number of benzene rings is 1. The second kappa shape index (κ2) is 6.71. The zero-order valence-electron chi connectivity index (χ0n) is 13.4. The molecule has 0 aromatic heterocycles. The third-order valence-corrected chi connectivity index (χ3v) is 8.12. The van der Waals surface area contributed by atoms with Crippen LogP contribution in [0.1, 0.15) is 6.42 Å². The minimum Gasteiger partial charge on any atom is -0.224 e. The second-order valence-electron chi connectivity index (χ2n) is 5.66. The van der Waals surface area contributed by atoms with E-state index in [4.69, 9.17) is 0 Å². The third-order valence-electron chi connectivity index (χ3n) is 3.77. The van der Waals surface area contributed by atoms with Crippen LogP contribution in [0.4, 0.5) is 0 Å². The molecule has 0 radical (unpaired) electrons. The van der Waals surface area contributed by atoms with E-state index in [9.17, 15) is 25.3 Å². The van der Waals surface area contributed by atoms with Crippen molar-refractivity contribution < 1.29 is 25.3 Å². The number of rotatable bonds is 4. The first-order chi connectivity index (χ1) is 10.9. The lowest BCUT2D eigenvalue weighted by Crippen LogP contribution is -2.36. The first kappa shape index (κ1) is 19.3. The van der Waals surface area contributed by atoms with E-state index in [-0.39, 0.29) is 36.0 Å². The number of sulfonamides is 2. The lowest BCUT2D eigenvalue weighted by molar-refractivity contribution is 0.406. The first-order valence-electron chi connectivity index (χ1n) is 7.18. The average molecular weight is 397 g/mol. The van der Waals surface area contributed by atoms with Gasteiger partial charge in [-0.3, -0.25) is 0 Å². The van der Waals surface area contributed by atoms with Crippen molar-refractivity contribution >= 4 is 29.9 Å². The van der Waals surface area contributed by atoms with Crippen LogP contribution < -0.4 is 0 Å². The molecule has 0 saturated carbocycles. The molecule has 1 heterocycles. The van der Waals surface area contributed by atoms with Gasteiger partial charge in [-0.05, 0) is 30.7 Å². The minimum atomic E-state index is -3.80. The van der Waals surface area contributed by atoms with E-state index in [2.05, 4.69) is 0 Å². The smallest absolute Gasteiger partial charge is 0.224 e. The first-order valence-corrected chi connectivity index (χ1v) is 12.4. The van der Waals surface area contributed by atoms with Crippen LogP contribution in [0, 0.1) is 0 Å². The molecule has 24 heavy (non-hydrogen) atoms. The Kier molecular flexibility index (Phi) is 5.40. The Morgan fingerprint density at radius 2 is 1.17 bits per heavy atom. The molecule has 136 valence electrons. The van der Waals surface area contributed by atoms with Gasteiger partial charge in [0, 0.05) is 32.4 Å². The maximum Gasteiger partial charge on any atom is 0.243 e. The van der Waals surface area contributed by atoms with Crippen molar-refractivity contribution in [2.45, 2.75) is 16.2 Å². The zero-order valence-corrected chi connectivity index (χ0v) is 15.9. The van der Waals surface area contributed by atoms with Crippen molar-refractivity contribution in [3.05, 3.63) is 24.3 Å². The van der Waals surface area contributed by atoms with Crippen LogP contribution in [0.15, 0.2) is 34.1 Å². The molecule has 1 aliphatic rings. The Balaban J connectivity index is 2.24. The fraction of sp³-hybridized carbons (Fsp3) is 0.538. The molecule has 1 aromatic carbocycles.